The zero-order valence-corrected chi connectivity index (χ0v) is 10.5. The highest BCUT2D eigenvalue weighted by Gasteiger charge is 2.38. The van der Waals surface area contributed by atoms with Crippen LogP contribution in [0.3, 0.4) is 0 Å². The smallest absolute Gasteiger partial charge is 0.0911 e. The van der Waals surface area contributed by atoms with Crippen LogP contribution in [0.25, 0.3) is 0 Å². The van der Waals surface area contributed by atoms with E-state index in [1.807, 2.05) is 12.1 Å². The van der Waals surface area contributed by atoms with Gasteiger partial charge in [0, 0.05) is 10.0 Å². The first-order valence-electron chi connectivity index (χ1n) is 4.41. The monoisotopic (exact) mass is 294 g/mol. The zero-order chi connectivity index (χ0) is 10.3. The molecule has 1 saturated carbocycles. The SMILES string of the molecule is OC1(c2ccc(Br)c(Cl)c2Cl)CCC1. The molecule has 1 aromatic carbocycles. The minimum atomic E-state index is -0.749. The molecule has 1 aliphatic rings. The van der Waals surface area contributed by atoms with Crippen molar-refractivity contribution >= 4 is 39.1 Å². The van der Waals surface area contributed by atoms with Gasteiger partial charge in [-0.25, -0.2) is 0 Å². The lowest BCUT2D eigenvalue weighted by Crippen LogP contribution is -2.33. The Morgan fingerprint density at radius 1 is 1.21 bits per heavy atom. The summed E-state index contributed by atoms with van der Waals surface area (Å²) in [6.45, 7) is 0. The lowest BCUT2D eigenvalue weighted by molar-refractivity contribution is -0.0386. The molecule has 0 unspecified atom stereocenters. The molecule has 1 fully saturated rings. The Morgan fingerprint density at radius 3 is 2.36 bits per heavy atom. The van der Waals surface area contributed by atoms with Crippen molar-refractivity contribution in [2.24, 2.45) is 0 Å². The van der Waals surface area contributed by atoms with Crippen LogP contribution >= 0.6 is 39.1 Å². The normalized spacial score (nSPS) is 19.1. The maximum Gasteiger partial charge on any atom is 0.0911 e. The van der Waals surface area contributed by atoms with E-state index in [2.05, 4.69) is 15.9 Å². The van der Waals surface area contributed by atoms with Gasteiger partial charge in [0.1, 0.15) is 0 Å². The lowest BCUT2D eigenvalue weighted by atomic mass is 9.75. The van der Waals surface area contributed by atoms with Gasteiger partial charge in [-0.1, -0.05) is 29.3 Å². The van der Waals surface area contributed by atoms with Crippen LogP contribution in [0.5, 0.6) is 0 Å². The van der Waals surface area contributed by atoms with Gasteiger partial charge in [0.2, 0.25) is 0 Å². The predicted octanol–water partition coefficient (Wildman–Crippen LogP) is 4.13. The molecule has 1 nitrogen and oxygen atoms in total. The fourth-order valence-electron chi connectivity index (χ4n) is 1.67. The molecule has 0 atom stereocenters. The van der Waals surface area contributed by atoms with Gasteiger partial charge < -0.3 is 5.11 Å². The van der Waals surface area contributed by atoms with Gasteiger partial charge in [-0.2, -0.15) is 0 Å². The van der Waals surface area contributed by atoms with E-state index < -0.39 is 5.60 Å². The Labute approximate surface area is 101 Å². The van der Waals surface area contributed by atoms with Gasteiger partial charge >= 0.3 is 0 Å². The van der Waals surface area contributed by atoms with Crippen molar-refractivity contribution in [1.29, 1.82) is 0 Å². The molecule has 4 heteroatoms. The summed E-state index contributed by atoms with van der Waals surface area (Å²) >= 11 is 15.3. The quantitative estimate of drug-likeness (QED) is 0.773. The van der Waals surface area contributed by atoms with Gasteiger partial charge in [-0.15, -0.1) is 0 Å². The largest absolute Gasteiger partial charge is 0.385 e. The molecule has 0 spiro atoms. The van der Waals surface area contributed by atoms with Crippen LogP contribution in [0, 0.1) is 0 Å². The summed E-state index contributed by atoms with van der Waals surface area (Å²) in [7, 11) is 0. The molecule has 1 aliphatic carbocycles. The van der Waals surface area contributed by atoms with Crippen LogP contribution < -0.4 is 0 Å². The van der Waals surface area contributed by atoms with E-state index in [0.29, 0.717) is 10.0 Å². The van der Waals surface area contributed by atoms with Crippen LogP contribution in [-0.2, 0) is 5.60 Å². The molecule has 0 saturated heterocycles. The molecule has 0 bridgehead atoms. The average molecular weight is 296 g/mol. The Bertz CT molecular complexity index is 375. The van der Waals surface area contributed by atoms with E-state index in [1.165, 1.54) is 0 Å². The summed E-state index contributed by atoms with van der Waals surface area (Å²) in [4.78, 5) is 0. The number of hydrogen-bond acceptors (Lipinski definition) is 1. The van der Waals surface area contributed by atoms with Crippen molar-refractivity contribution in [2.45, 2.75) is 24.9 Å². The Balaban J connectivity index is 2.49. The molecule has 1 N–H and O–H groups in total. The predicted molar refractivity (Wildman–Crippen MR) is 61.9 cm³/mol. The third kappa shape index (κ3) is 1.58. The van der Waals surface area contributed by atoms with Crippen molar-refractivity contribution in [3.8, 4) is 0 Å². The standard InChI is InChI=1S/C10H9BrCl2O/c11-7-3-2-6(8(12)9(7)13)10(14)4-1-5-10/h2-3,14H,1,4-5H2. The average Bonchev–Trinajstić information content (AvgIpc) is 2.11. The highest BCUT2D eigenvalue weighted by molar-refractivity contribution is 9.10. The summed E-state index contributed by atoms with van der Waals surface area (Å²) in [5.74, 6) is 0. The highest BCUT2D eigenvalue weighted by Crippen LogP contribution is 2.46. The number of benzene rings is 1. The Hall–Kier alpha value is 0.240. The number of rotatable bonds is 1. The van der Waals surface area contributed by atoms with Gasteiger partial charge in [0.15, 0.2) is 0 Å². The molecule has 0 amide bonds. The van der Waals surface area contributed by atoms with Crippen molar-refractivity contribution < 1.29 is 5.11 Å². The molecule has 0 radical (unpaired) electrons. The molecule has 0 aromatic heterocycles. The third-order valence-electron chi connectivity index (χ3n) is 2.72. The molecule has 14 heavy (non-hydrogen) atoms. The second kappa shape index (κ2) is 3.67. The molecular weight excluding hydrogens is 287 g/mol. The lowest BCUT2D eigenvalue weighted by Gasteiger charge is -2.37. The second-order valence-electron chi connectivity index (χ2n) is 3.61. The van der Waals surface area contributed by atoms with Crippen molar-refractivity contribution in [3.05, 3.63) is 32.2 Å². The van der Waals surface area contributed by atoms with Gasteiger partial charge in [0.25, 0.3) is 0 Å². The Kier molecular flexibility index (Phi) is 2.82. The Morgan fingerprint density at radius 2 is 1.86 bits per heavy atom. The maximum absolute atomic E-state index is 10.1. The van der Waals surface area contributed by atoms with Crippen molar-refractivity contribution in [1.82, 2.24) is 0 Å². The summed E-state index contributed by atoms with van der Waals surface area (Å²) < 4.78 is 0.760. The molecule has 76 valence electrons. The molecule has 2 rings (SSSR count). The third-order valence-corrected chi connectivity index (χ3v) is 4.49. The fraction of sp³-hybridized carbons (Fsp3) is 0.400. The minimum absolute atomic E-state index is 0.461. The van der Waals surface area contributed by atoms with E-state index in [9.17, 15) is 5.11 Å². The summed E-state index contributed by atoms with van der Waals surface area (Å²) in [6, 6.07) is 3.65. The second-order valence-corrected chi connectivity index (χ2v) is 5.22. The first kappa shape index (κ1) is 10.7. The summed E-state index contributed by atoms with van der Waals surface area (Å²) in [5, 5.41) is 11.1. The number of aliphatic hydroxyl groups is 1. The first-order valence-corrected chi connectivity index (χ1v) is 5.96. The van der Waals surface area contributed by atoms with E-state index in [1.54, 1.807) is 0 Å². The van der Waals surface area contributed by atoms with E-state index in [-0.39, 0.29) is 0 Å². The van der Waals surface area contributed by atoms with Gasteiger partial charge in [-0.05, 0) is 41.3 Å². The number of halogens is 3. The van der Waals surface area contributed by atoms with Crippen LogP contribution in [-0.4, -0.2) is 5.11 Å². The maximum atomic E-state index is 10.1. The topological polar surface area (TPSA) is 20.2 Å². The van der Waals surface area contributed by atoms with Crippen molar-refractivity contribution in [2.75, 3.05) is 0 Å². The van der Waals surface area contributed by atoms with Crippen LogP contribution in [0.15, 0.2) is 16.6 Å². The van der Waals surface area contributed by atoms with Crippen LogP contribution in [0.1, 0.15) is 24.8 Å². The van der Waals surface area contributed by atoms with Crippen molar-refractivity contribution in [3.63, 3.8) is 0 Å². The summed E-state index contributed by atoms with van der Waals surface area (Å²) in [6.07, 6.45) is 2.58. The molecule has 1 aromatic rings. The van der Waals surface area contributed by atoms with Gasteiger partial charge in [-0.3, -0.25) is 0 Å². The molecule has 0 aliphatic heterocycles. The highest BCUT2D eigenvalue weighted by atomic mass is 79.9. The zero-order valence-electron chi connectivity index (χ0n) is 7.36. The van der Waals surface area contributed by atoms with E-state index >= 15 is 0 Å². The molecular formula is C10H9BrCl2O. The van der Waals surface area contributed by atoms with Crippen LogP contribution in [0.4, 0.5) is 0 Å². The molecule has 0 heterocycles. The summed E-state index contributed by atoms with van der Waals surface area (Å²) in [5.41, 5.74) is 0.000131. The minimum Gasteiger partial charge on any atom is -0.385 e. The number of hydrogen-bond donors (Lipinski definition) is 1. The van der Waals surface area contributed by atoms with Gasteiger partial charge in [0.05, 0.1) is 15.6 Å². The van der Waals surface area contributed by atoms with E-state index in [4.69, 9.17) is 23.2 Å². The van der Waals surface area contributed by atoms with E-state index in [0.717, 1.165) is 29.3 Å². The van der Waals surface area contributed by atoms with Crippen LogP contribution in [0.2, 0.25) is 10.0 Å². The fourth-order valence-corrected chi connectivity index (χ4v) is 2.62. The first-order chi connectivity index (χ1) is 6.54.